The van der Waals surface area contributed by atoms with Gasteiger partial charge >= 0.3 is 24.0 Å². The molecule has 1 aromatic heterocycles. The number of benzene rings is 2. The molecule has 2 atom stereocenters. The number of nitrogen functional groups attached to an aromatic ring is 1. The van der Waals surface area contributed by atoms with Gasteiger partial charge in [-0.05, 0) is 59.0 Å². The number of pyridine rings is 1. The van der Waals surface area contributed by atoms with Gasteiger partial charge in [-0.3, -0.25) is 14.4 Å². The molecule has 0 bridgehead atoms. The molecule has 1 aliphatic heterocycles. The Morgan fingerprint density at radius 3 is 2.16 bits per heavy atom. The molecule has 1 saturated heterocycles. The summed E-state index contributed by atoms with van der Waals surface area (Å²) in [6.07, 6.45) is 1.52. The number of alkyl carbamates (subject to hydrolysis) is 1. The quantitative estimate of drug-likeness (QED) is 0.138. The monoisotopic (exact) mass is 795 g/mol. The number of esters is 3. The van der Waals surface area contributed by atoms with Crippen LogP contribution in [0.4, 0.5) is 10.6 Å². The normalized spacial score (nSPS) is 13.9. The average molecular weight is 797 g/mol. The van der Waals surface area contributed by atoms with E-state index in [1.165, 1.54) is 25.3 Å². The molecule has 4 rings (SSSR count). The molecule has 14 nitrogen and oxygen atoms in total. The highest BCUT2D eigenvalue weighted by molar-refractivity contribution is 5.86. The maximum atomic E-state index is 13.1. The molecule has 3 aromatic rings. The number of carbonyl (C=O) groups excluding carboxylic acids is 5. The number of carbonyl (C=O) groups is 5. The van der Waals surface area contributed by atoms with Crippen LogP contribution < -0.4 is 16.8 Å². The third kappa shape index (κ3) is 14.9. The van der Waals surface area contributed by atoms with Crippen LogP contribution in [-0.2, 0) is 63.9 Å². The van der Waals surface area contributed by atoms with E-state index in [0.29, 0.717) is 41.0 Å². The molecule has 1 aliphatic rings. The molecule has 2 amide bonds. The molecule has 2 heterocycles. The van der Waals surface area contributed by atoms with E-state index in [1.807, 2.05) is 24.3 Å². The molecule has 292 valence electrons. The van der Waals surface area contributed by atoms with Crippen molar-refractivity contribution < 1.29 is 42.9 Å². The second kappa shape index (κ2) is 23.1. The number of halogens is 2. The average Bonchev–Trinajstić information content (AvgIpc) is 3.57. The number of rotatable bonds is 12. The highest BCUT2D eigenvalue weighted by atomic mass is 35.5. The number of ether oxygens (including phenoxy) is 4. The molecule has 16 heteroatoms. The zero-order valence-electron chi connectivity index (χ0n) is 30.3. The number of nitrogens with zero attached hydrogens (tertiary/aromatic N) is 2. The number of likely N-dealkylation sites (tertiary alicyclic amines) is 1. The van der Waals surface area contributed by atoms with Crippen LogP contribution in [0.3, 0.4) is 0 Å². The number of aryl methyl sites for hydroxylation is 1. The van der Waals surface area contributed by atoms with E-state index in [1.54, 1.807) is 30.3 Å². The van der Waals surface area contributed by atoms with Crippen LogP contribution >= 0.6 is 24.8 Å². The van der Waals surface area contributed by atoms with Gasteiger partial charge in [0.15, 0.2) is 13.2 Å². The van der Waals surface area contributed by atoms with Gasteiger partial charge in [-0.1, -0.05) is 47.9 Å². The van der Waals surface area contributed by atoms with Crippen LogP contribution in [0.25, 0.3) is 0 Å². The van der Waals surface area contributed by atoms with Gasteiger partial charge in [0, 0.05) is 43.3 Å². The molecule has 2 aromatic carbocycles. The number of aromatic nitrogens is 1. The summed E-state index contributed by atoms with van der Waals surface area (Å²) in [6.45, 7) is 0.0614. The standard InChI is InChI=1S/C39H41N5O9.2ClH/c1-50-36(46)22-31-18-27(8-4-14-52-37(47)21-29-12-13-42-34(41)20-29)17-28(19-31)9-5-15-53-39(49)43-32-23-33(38(48)51-2)44(25-32)35(45)11-10-26-6-3-7-30(16-26)24-40;;/h3,6-7,12-13,16-20,32-33H,10-11,14-15,21-25,40H2,1-2H3,(H2,41,42)(H,43,49);2*1H. The first-order valence-electron chi connectivity index (χ1n) is 16.7. The first-order chi connectivity index (χ1) is 25.6. The van der Waals surface area contributed by atoms with Crippen molar-refractivity contribution in [2.75, 3.05) is 39.7 Å². The Balaban J connectivity index is 0.00000523. The van der Waals surface area contributed by atoms with Gasteiger partial charge in [-0.2, -0.15) is 0 Å². The van der Waals surface area contributed by atoms with Crippen LogP contribution in [0, 0.1) is 23.7 Å². The topological polar surface area (TPSA) is 202 Å². The Labute approximate surface area is 331 Å². The summed E-state index contributed by atoms with van der Waals surface area (Å²) in [4.78, 5) is 67.7. The maximum absolute atomic E-state index is 13.1. The summed E-state index contributed by atoms with van der Waals surface area (Å²) in [5.41, 5.74) is 15.5. The van der Waals surface area contributed by atoms with E-state index in [0.717, 1.165) is 11.1 Å². The van der Waals surface area contributed by atoms with E-state index >= 15 is 0 Å². The fraction of sp³-hybridized carbons (Fsp3) is 0.333. The fourth-order valence-electron chi connectivity index (χ4n) is 5.58. The second-order valence-corrected chi connectivity index (χ2v) is 12.0. The minimum Gasteiger partial charge on any atom is -0.469 e. The number of nitrogens with one attached hydrogen (secondary N) is 1. The summed E-state index contributed by atoms with van der Waals surface area (Å²) in [5, 5.41) is 2.70. The lowest BCUT2D eigenvalue weighted by Crippen LogP contribution is -2.42. The third-order valence-electron chi connectivity index (χ3n) is 8.08. The minimum absolute atomic E-state index is 0. The van der Waals surface area contributed by atoms with Crippen molar-refractivity contribution in [2.45, 2.75) is 50.7 Å². The summed E-state index contributed by atoms with van der Waals surface area (Å²) in [7, 11) is 2.53. The van der Waals surface area contributed by atoms with Crippen molar-refractivity contribution in [3.63, 3.8) is 0 Å². The molecular formula is C39H43Cl2N5O9. The molecule has 2 unspecified atom stereocenters. The van der Waals surface area contributed by atoms with Crippen LogP contribution in [0.15, 0.2) is 60.8 Å². The number of hydrogen-bond donors (Lipinski definition) is 3. The van der Waals surface area contributed by atoms with Crippen LogP contribution in [0.5, 0.6) is 0 Å². The SMILES string of the molecule is COC(=O)Cc1cc(C#CCOC(=O)Cc2ccnc(N)c2)cc(C#CCOC(=O)NC2CC(C(=O)OC)N(C(=O)CCc3cccc(CN)c3)C2)c1.Cl.Cl. The lowest BCUT2D eigenvalue weighted by molar-refractivity contribution is -0.150. The van der Waals surface area contributed by atoms with Gasteiger partial charge in [-0.15, -0.1) is 24.8 Å². The first-order valence-corrected chi connectivity index (χ1v) is 16.7. The molecular weight excluding hydrogens is 753 g/mol. The molecule has 0 radical (unpaired) electrons. The number of amides is 2. The Morgan fingerprint density at radius 1 is 0.836 bits per heavy atom. The maximum Gasteiger partial charge on any atom is 0.408 e. The van der Waals surface area contributed by atoms with Crippen molar-refractivity contribution >= 4 is 60.5 Å². The smallest absolute Gasteiger partial charge is 0.408 e. The molecule has 55 heavy (non-hydrogen) atoms. The van der Waals surface area contributed by atoms with Gasteiger partial charge in [-0.25, -0.2) is 14.6 Å². The molecule has 0 saturated carbocycles. The van der Waals surface area contributed by atoms with Crippen molar-refractivity contribution in [3.05, 3.63) is 94.2 Å². The fourth-order valence-corrected chi connectivity index (χ4v) is 5.58. The minimum atomic E-state index is -0.846. The highest BCUT2D eigenvalue weighted by Crippen LogP contribution is 2.21. The first kappa shape index (κ1) is 45.4. The lowest BCUT2D eigenvalue weighted by Gasteiger charge is -2.22. The van der Waals surface area contributed by atoms with E-state index in [2.05, 4.69) is 34.0 Å². The van der Waals surface area contributed by atoms with E-state index < -0.39 is 36.1 Å². The molecule has 0 spiro atoms. The van der Waals surface area contributed by atoms with Gasteiger partial charge < -0.3 is 40.6 Å². The number of anilines is 1. The molecule has 5 N–H and O–H groups in total. The van der Waals surface area contributed by atoms with Crippen LogP contribution in [0.2, 0.25) is 0 Å². The summed E-state index contributed by atoms with van der Waals surface area (Å²) >= 11 is 0. The van der Waals surface area contributed by atoms with E-state index in [9.17, 15) is 24.0 Å². The number of methoxy groups -OCH3 is 2. The van der Waals surface area contributed by atoms with Gasteiger partial charge in [0.2, 0.25) is 5.91 Å². The van der Waals surface area contributed by atoms with Crippen molar-refractivity contribution in [1.82, 2.24) is 15.2 Å². The summed E-state index contributed by atoms with van der Waals surface area (Å²) in [5.74, 6) is 9.89. The summed E-state index contributed by atoms with van der Waals surface area (Å²) < 4.78 is 20.1. The van der Waals surface area contributed by atoms with Crippen molar-refractivity contribution in [2.24, 2.45) is 5.73 Å². The predicted molar refractivity (Wildman–Crippen MR) is 207 cm³/mol. The van der Waals surface area contributed by atoms with Crippen LogP contribution in [0.1, 0.15) is 46.2 Å². The number of hydrogen-bond acceptors (Lipinski definition) is 12. The van der Waals surface area contributed by atoms with Gasteiger partial charge in [0.1, 0.15) is 11.9 Å². The molecule has 0 aliphatic carbocycles. The third-order valence-corrected chi connectivity index (χ3v) is 8.08. The predicted octanol–water partition coefficient (Wildman–Crippen LogP) is 2.67. The second-order valence-electron chi connectivity index (χ2n) is 12.0. The van der Waals surface area contributed by atoms with Gasteiger partial charge in [0.05, 0.1) is 33.1 Å². The Morgan fingerprint density at radius 2 is 1.51 bits per heavy atom. The Bertz CT molecular complexity index is 1950. The lowest BCUT2D eigenvalue weighted by atomic mass is 10.0. The Hall–Kier alpha value is -5.80. The van der Waals surface area contributed by atoms with Crippen molar-refractivity contribution in [1.29, 1.82) is 0 Å². The zero-order valence-corrected chi connectivity index (χ0v) is 32.0. The highest BCUT2D eigenvalue weighted by Gasteiger charge is 2.40. The van der Waals surface area contributed by atoms with Gasteiger partial charge in [0.25, 0.3) is 0 Å². The van der Waals surface area contributed by atoms with E-state index in [4.69, 9.17) is 30.4 Å². The molecule has 1 fully saturated rings. The Kier molecular flexibility index (Phi) is 19.0. The van der Waals surface area contributed by atoms with Crippen LogP contribution in [-0.4, -0.2) is 85.9 Å². The largest absolute Gasteiger partial charge is 0.469 e. The number of nitrogens with two attached hydrogens (primary N) is 2. The zero-order chi connectivity index (χ0) is 38.2. The van der Waals surface area contributed by atoms with E-state index in [-0.39, 0.29) is 76.2 Å². The van der Waals surface area contributed by atoms with Crippen molar-refractivity contribution in [3.8, 4) is 23.7 Å². The summed E-state index contributed by atoms with van der Waals surface area (Å²) in [6, 6.07) is 14.5.